The van der Waals surface area contributed by atoms with Gasteiger partial charge in [-0.15, -0.1) is 0 Å². The van der Waals surface area contributed by atoms with Gasteiger partial charge in [-0.2, -0.15) is 0 Å². The molecule has 0 radical (unpaired) electrons. The average Bonchev–Trinajstić information content (AvgIpc) is 3.37. The number of carbonyl (C=O) groups excluding carboxylic acids is 1. The lowest BCUT2D eigenvalue weighted by molar-refractivity contribution is -0.127. The molecule has 1 aliphatic carbocycles. The Kier molecular flexibility index (Phi) is 4.77. The molecule has 0 saturated heterocycles. The molecule has 2 aromatic rings. The highest BCUT2D eigenvalue weighted by atomic mass is 35.5. The van der Waals surface area contributed by atoms with Gasteiger partial charge in [0.1, 0.15) is 5.82 Å². The van der Waals surface area contributed by atoms with E-state index in [1.807, 2.05) is 12.1 Å². The van der Waals surface area contributed by atoms with Crippen molar-refractivity contribution in [1.29, 1.82) is 0 Å². The second kappa shape index (κ2) is 6.97. The van der Waals surface area contributed by atoms with Crippen LogP contribution in [0.15, 0.2) is 54.6 Å². The van der Waals surface area contributed by atoms with Gasteiger partial charge in [-0.3, -0.25) is 4.79 Å². The summed E-state index contributed by atoms with van der Waals surface area (Å²) in [5.74, 6) is -0.375. The summed E-state index contributed by atoms with van der Waals surface area (Å²) in [6, 6.07) is 14.1. The second-order valence-corrected chi connectivity index (χ2v) is 6.11. The zero-order valence-corrected chi connectivity index (χ0v) is 13.3. The van der Waals surface area contributed by atoms with Gasteiger partial charge in [-0.05, 0) is 42.7 Å². The predicted octanol–water partition coefficient (Wildman–Crippen LogP) is 4.68. The molecule has 4 heteroatoms. The highest BCUT2D eigenvalue weighted by Crippen LogP contribution is 2.29. The van der Waals surface area contributed by atoms with E-state index >= 15 is 0 Å². The number of halogens is 2. The Morgan fingerprint density at radius 1 is 1.22 bits per heavy atom. The summed E-state index contributed by atoms with van der Waals surface area (Å²) in [5, 5.41) is 0.630. The first-order valence-electron chi connectivity index (χ1n) is 7.61. The van der Waals surface area contributed by atoms with Gasteiger partial charge in [0, 0.05) is 29.2 Å². The summed E-state index contributed by atoms with van der Waals surface area (Å²) in [4.78, 5) is 14.2. The summed E-state index contributed by atoms with van der Waals surface area (Å²) >= 11 is 5.94. The maximum absolute atomic E-state index is 13.8. The van der Waals surface area contributed by atoms with Gasteiger partial charge in [0.15, 0.2) is 0 Å². The third-order valence-electron chi connectivity index (χ3n) is 3.84. The predicted molar refractivity (Wildman–Crippen MR) is 90.5 cm³/mol. The van der Waals surface area contributed by atoms with Crippen LogP contribution in [-0.4, -0.2) is 16.8 Å². The molecule has 0 aromatic heterocycles. The monoisotopic (exact) mass is 329 g/mol. The molecular weight excluding hydrogens is 313 g/mol. The molecule has 1 amide bonds. The minimum atomic E-state index is -0.273. The van der Waals surface area contributed by atoms with E-state index in [1.165, 1.54) is 12.1 Å². The highest BCUT2D eigenvalue weighted by molar-refractivity contribution is 6.30. The molecule has 0 N–H and O–H groups in total. The lowest BCUT2D eigenvalue weighted by Gasteiger charge is -2.21. The van der Waals surface area contributed by atoms with Crippen LogP contribution in [0.25, 0.3) is 6.08 Å². The Hall–Kier alpha value is -2.13. The molecule has 0 bridgehead atoms. The zero-order valence-electron chi connectivity index (χ0n) is 12.6. The van der Waals surface area contributed by atoms with Crippen molar-refractivity contribution in [3.8, 4) is 0 Å². The maximum Gasteiger partial charge on any atom is 0.247 e. The smallest absolute Gasteiger partial charge is 0.247 e. The number of rotatable bonds is 5. The van der Waals surface area contributed by atoms with Crippen molar-refractivity contribution >= 4 is 23.6 Å². The largest absolute Gasteiger partial charge is 0.332 e. The average molecular weight is 330 g/mol. The van der Waals surface area contributed by atoms with Crippen LogP contribution in [0.5, 0.6) is 0 Å². The van der Waals surface area contributed by atoms with Gasteiger partial charge in [-0.25, -0.2) is 4.39 Å². The zero-order chi connectivity index (χ0) is 16.2. The van der Waals surface area contributed by atoms with Crippen LogP contribution in [0.3, 0.4) is 0 Å². The summed E-state index contributed by atoms with van der Waals surface area (Å²) in [6.07, 6.45) is 5.23. The third-order valence-corrected chi connectivity index (χ3v) is 4.07. The van der Waals surface area contributed by atoms with E-state index < -0.39 is 0 Å². The highest BCUT2D eigenvalue weighted by Gasteiger charge is 2.31. The molecule has 0 spiro atoms. The Bertz CT molecular complexity index is 740. The standard InChI is InChI=1S/C19H17ClFNO/c20-16-6-3-4-14(12-16)8-11-19(23)22(17-9-10-17)13-15-5-1-2-7-18(15)21/h1-8,11-12,17H,9-10,13H2/b11-8+. The Morgan fingerprint density at radius 3 is 2.70 bits per heavy atom. The molecule has 0 aliphatic heterocycles. The maximum atomic E-state index is 13.8. The molecule has 118 valence electrons. The van der Waals surface area contributed by atoms with Crippen LogP contribution < -0.4 is 0 Å². The first kappa shape index (κ1) is 15.8. The minimum absolute atomic E-state index is 0.101. The van der Waals surface area contributed by atoms with Crippen LogP contribution >= 0.6 is 11.6 Å². The molecule has 1 saturated carbocycles. The number of carbonyl (C=O) groups is 1. The minimum Gasteiger partial charge on any atom is -0.332 e. The summed E-state index contributed by atoms with van der Waals surface area (Å²) < 4.78 is 13.8. The van der Waals surface area contributed by atoms with Gasteiger partial charge in [0.25, 0.3) is 0 Å². The van der Waals surface area contributed by atoms with Crippen LogP contribution in [0.4, 0.5) is 4.39 Å². The normalized spacial score (nSPS) is 14.2. The van der Waals surface area contributed by atoms with Gasteiger partial charge in [-0.1, -0.05) is 41.9 Å². The first-order chi connectivity index (χ1) is 11.1. The molecule has 0 atom stereocenters. The van der Waals surface area contributed by atoms with E-state index in [4.69, 9.17) is 11.6 Å². The van der Waals surface area contributed by atoms with Crippen molar-refractivity contribution in [2.45, 2.75) is 25.4 Å². The van der Waals surface area contributed by atoms with Crippen molar-refractivity contribution < 1.29 is 9.18 Å². The summed E-state index contributed by atoms with van der Waals surface area (Å²) in [5.41, 5.74) is 1.41. The van der Waals surface area contributed by atoms with Crippen LogP contribution in [0, 0.1) is 5.82 Å². The molecule has 2 aromatic carbocycles. The van der Waals surface area contributed by atoms with Gasteiger partial charge >= 0.3 is 0 Å². The van der Waals surface area contributed by atoms with Crippen molar-refractivity contribution in [3.63, 3.8) is 0 Å². The van der Waals surface area contributed by atoms with Gasteiger partial charge in [0.2, 0.25) is 5.91 Å². The fourth-order valence-corrected chi connectivity index (χ4v) is 2.66. The number of hydrogen-bond acceptors (Lipinski definition) is 1. The fraction of sp³-hybridized carbons (Fsp3) is 0.211. The molecule has 3 rings (SSSR count). The van der Waals surface area contributed by atoms with Gasteiger partial charge < -0.3 is 4.90 Å². The van der Waals surface area contributed by atoms with Crippen molar-refractivity contribution in [3.05, 3.63) is 76.6 Å². The topological polar surface area (TPSA) is 20.3 Å². The van der Waals surface area contributed by atoms with Crippen LogP contribution in [0.2, 0.25) is 5.02 Å². The number of amides is 1. The Labute approximate surface area is 140 Å². The van der Waals surface area contributed by atoms with E-state index in [0.717, 1.165) is 18.4 Å². The lowest BCUT2D eigenvalue weighted by Crippen LogP contribution is -2.31. The fourth-order valence-electron chi connectivity index (χ4n) is 2.46. The van der Waals surface area contributed by atoms with E-state index in [0.29, 0.717) is 17.1 Å². The molecular formula is C19H17ClFNO. The van der Waals surface area contributed by atoms with E-state index in [2.05, 4.69) is 0 Å². The second-order valence-electron chi connectivity index (χ2n) is 5.68. The third kappa shape index (κ3) is 4.20. The lowest BCUT2D eigenvalue weighted by atomic mass is 10.2. The summed E-state index contributed by atoms with van der Waals surface area (Å²) in [6.45, 7) is 0.302. The quantitative estimate of drug-likeness (QED) is 0.729. The SMILES string of the molecule is O=C(/C=C/c1cccc(Cl)c1)N(Cc1ccccc1F)C1CC1. The number of hydrogen-bond donors (Lipinski definition) is 0. The van der Waals surface area contributed by atoms with E-state index in [1.54, 1.807) is 41.3 Å². The van der Waals surface area contributed by atoms with Crippen molar-refractivity contribution in [2.75, 3.05) is 0 Å². The van der Waals surface area contributed by atoms with Crippen LogP contribution in [0.1, 0.15) is 24.0 Å². The Morgan fingerprint density at radius 2 is 2.00 bits per heavy atom. The van der Waals surface area contributed by atoms with E-state index in [-0.39, 0.29) is 17.8 Å². The molecule has 0 heterocycles. The summed E-state index contributed by atoms with van der Waals surface area (Å²) in [7, 11) is 0. The number of nitrogens with zero attached hydrogens (tertiary/aromatic N) is 1. The molecule has 1 fully saturated rings. The Balaban J connectivity index is 1.73. The molecule has 0 unspecified atom stereocenters. The van der Waals surface area contributed by atoms with Crippen molar-refractivity contribution in [1.82, 2.24) is 4.90 Å². The molecule has 1 aliphatic rings. The molecule has 2 nitrogen and oxygen atoms in total. The van der Waals surface area contributed by atoms with Gasteiger partial charge in [0.05, 0.1) is 0 Å². The first-order valence-corrected chi connectivity index (χ1v) is 7.99. The molecule has 23 heavy (non-hydrogen) atoms. The van der Waals surface area contributed by atoms with Crippen LogP contribution in [-0.2, 0) is 11.3 Å². The van der Waals surface area contributed by atoms with Crippen molar-refractivity contribution in [2.24, 2.45) is 0 Å². The van der Waals surface area contributed by atoms with E-state index in [9.17, 15) is 9.18 Å². The number of benzene rings is 2.